The summed E-state index contributed by atoms with van der Waals surface area (Å²) in [6, 6.07) is 12.2. The van der Waals surface area contributed by atoms with Crippen molar-refractivity contribution in [1.82, 2.24) is 18.4 Å². The molecule has 2 aromatic carbocycles. The van der Waals surface area contributed by atoms with Crippen LogP contribution in [0.5, 0.6) is 0 Å². The van der Waals surface area contributed by atoms with Crippen LogP contribution in [-0.4, -0.2) is 40.5 Å². The number of hydrogen-bond donors (Lipinski definition) is 1. The first-order valence-electron chi connectivity index (χ1n) is 9.19. The van der Waals surface area contributed by atoms with Crippen LogP contribution < -0.4 is 5.32 Å². The van der Waals surface area contributed by atoms with Crippen molar-refractivity contribution >= 4 is 50.3 Å². The maximum Gasteiger partial charge on any atom is 0.245 e. The Hall–Kier alpha value is -2.07. The lowest BCUT2D eigenvalue weighted by atomic mass is 9.99. The fraction of sp³-hybridized carbons (Fsp3) is 0.316. The van der Waals surface area contributed by atoms with Gasteiger partial charge in [0, 0.05) is 24.7 Å². The second kappa shape index (κ2) is 8.35. The first-order valence-corrected chi connectivity index (χ1v) is 11.7. The average Bonchev–Trinajstić information content (AvgIpc) is 3.22. The number of sulfonamides is 1. The van der Waals surface area contributed by atoms with E-state index in [2.05, 4.69) is 14.1 Å². The molecule has 152 valence electrons. The highest BCUT2D eigenvalue weighted by Crippen LogP contribution is 2.28. The summed E-state index contributed by atoms with van der Waals surface area (Å²) in [7, 11) is -3.75. The van der Waals surface area contributed by atoms with Crippen LogP contribution in [0.15, 0.2) is 47.4 Å². The van der Waals surface area contributed by atoms with E-state index in [-0.39, 0.29) is 17.3 Å². The van der Waals surface area contributed by atoms with Gasteiger partial charge in [-0.1, -0.05) is 29.8 Å². The van der Waals surface area contributed by atoms with E-state index < -0.39 is 15.9 Å². The molecule has 0 spiro atoms. The molecular formula is C19H19ClN4O3S2. The monoisotopic (exact) mass is 450 g/mol. The van der Waals surface area contributed by atoms with Gasteiger partial charge in [-0.25, -0.2) is 8.42 Å². The predicted molar refractivity (Wildman–Crippen MR) is 112 cm³/mol. The Morgan fingerprint density at radius 2 is 2.00 bits per heavy atom. The molecule has 0 unspecified atom stereocenters. The number of nitrogens with one attached hydrogen (secondary N) is 1. The van der Waals surface area contributed by atoms with Gasteiger partial charge in [-0.2, -0.15) is 13.1 Å². The van der Waals surface area contributed by atoms with E-state index in [1.807, 2.05) is 12.1 Å². The number of carbonyl (C=O) groups is 1. The van der Waals surface area contributed by atoms with Crippen molar-refractivity contribution in [2.45, 2.75) is 24.3 Å². The zero-order valence-corrected chi connectivity index (χ0v) is 17.8. The van der Waals surface area contributed by atoms with Gasteiger partial charge >= 0.3 is 0 Å². The highest BCUT2D eigenvalue weighted by atomic mass is 35.5. The van der Waals surface area contributed by atoms with Crippen molar-refractivity contribution in [2.75, 3.05) is 13.1 Å². The molecule has 0 bridgehead atoms. The number of benzene rings is 2. The summed E-state index contributed by atoms with van der Waals surface area (Å²) < 4.78 is 36.0. The van der Waals surface area contributed by atoms with Gasteiger partial charge < -0.3 is 5.32 Å². The minimum Gasteiger partial charge on any atom is -0.352 e. The molecule has 3 aromatic rings. The number of piperidine rings is 1. The summed E-state index contributed by atoms with van der Waals surface area (Å²) in [4.78, 5) is 12.8. The summed E-state index contributed by atoms with van der Waals surface area (Å²) in [5.74, 6) is -0.535. The lowest BCUT2D eigenvalue weighted by molar-refractivity contribution is -0.126. The maximum absolute atomic E-state index is 13.2. The number of halogens is 1. The predicted octanol–water partition coefficient (Wildman–Crippen LogP) is 3.06. The summed E-state index contributed by atoms with van der Waals surface area (Å²) in [6.07, 6.45) is 1.28. The van der Waals surface area contributed by atoms with Crippen molar-refractivity contribution in [2.24, 2.45) is 5.92 Å². The molecule has 29 heavy (non-hydrogen) atoms. The van der Waals surface area contributed by atoms with Gasteiger partial charge in [0.15, 0.2) is 0 Å². The number of amides is 1. The molecule has 4 rings (SSSR count). The van der Waals surface area contributed by atoms with Crippen molar-refractivity contribution < 1.29 is 13.2 Å². The maximum atomic E-state index is 13.2. The lowest BCUT2D eigenvalue weighted by Gasteiger charge is -2.31. The Balaban J connectivity index is 1.46. The van der Waals surface area contributed by atoms with Crippen molar-refractivity contribution in [3.8, 4) is 0 Å². The zero-order chi connectivity index (χ0) is 20.4. The van der Waals surface area contributed by atoms with Crippen LogP contribution in [0.25, 0.3) is 11.0 Å². The first kappa shape index (κ1) is 20.2. The van der Waals surface area contributed by atoms with E-state index in [9.17, 15) is 13.2 Å². The molecule has 1 aromatic heterocycles. The van der Waals surface area contributed by atoms with Gasteiger partial charge in [-0.15, -0.1) is 0 Å². The third-order valence-electron chi connectivity index (χ3n) is 5.00. The van der Waals surface area contributed by atoms with Crippen LogP contribution in [0.1, 0.15) is 18.4 Å². The Kier molecular flexibility index (Phi) is 5.82. The SMILES string of the molecule is O=C(NCc1ccc(Cl)cc1)[C@H]1CCCN(S(=O)(=O)c2cccc3nsnc23)C1. The Morgan fingerprint density at radius 3 is 2.79 bits per heavy atom. The standard InChI is InChI=1S/C19H19ClN4O3S2/c20-15-8-6-13(7-9-15)11-21-19(25)14-3-2-10-24(12-14)29(26,27)17-5-1-4-16-18(17)23-28-22-16/h1,4-9,14H,2-3,10-12H2,(H,21,25)/t14-/m0/s1. The molecule has 0 saturated carbocycles. The fourth-order valence-electron chi connectivity index (χ4n) is 3.44. The Bertz CT molecular complexity index is 1130. The Morgan fingerprint density at radius 1 is 1.21 bits per heavy atom. The number of rotatable bonds is 5. The van der Waals surface area contributed by atoms with Crippen molar-refractivity contribution in [3.05, 3.63) is 53.1 Å². The third kappa shape index (κ3) is 4.28. The number of nitrogens with zero attached hydrogens (tertiary/aromatic N) is 3. The Labute approximate surface area is 178 Å². The second-order valence-electron chi connectivity index (χ2n) is 6.93. The highest BCUT2D eigenvalue weighted by molar-refractivity contribution is 7.89. The number of carbonyl (C=O) groups excluding carboxylic acids is 1. The first-order chi connectivity index (χ1) is 13.9. The number of aromatic nitrogens is 2. The van der Waals surface area contributed by atoms with Crippen LogP contribution in [0.4, 0.5) is 0 Å². The summed E-state index contributed by atoms with van der Waals surface area (Å²) >= 11 is 6.86. The quantitative estimate of drug-likeness (QED) is 0.644. The molecule has 1 amide bonds. The van der Waals surface area contributed by atoms with E-state index in [4.69, 9.17) is 11.6 Å². The molecule has 0 aliphatic carbocycles. The molecule has 0 radical (unpaired) electrons. The molecule has 1 aliphatic rings. The summed E-state index contributed by atoms with van der Waals surface area (Å²) in [5.41, 5.74) is 1.88. The molecule has 7 nitrogen and oxygen atoms in total. The van der Waals surface area contributed by atoms with E-state index >= 15 is 0 Å². The van der Waals surface area contributed by atoms with Crippen LogP contribution >= 0.6 is 23.3 Å². The van der Waals surface area contributed by atoms with Crippen LogP contribution in [0.3, 0.4) is 0 Å². The minimum atomic E-state index is -3.75. The number of fused-ring (bicyclic) bond motifs is 1. The van der Waals surface area contributed by atoms with Crippen molar-refractivity contribution in [1.29, 1.82) is 0 Å². The highest BCUT2D eigenvalue weighted by Gasteiger charge is 2.34. The van der Waals surface area contributed by atoms with Gasteiger partial charge in [0.05, 0.1) is 17.6 Å². The normalized spacial score (nSPS) is 18.0. The van der Waals surface area contributed by atoms with Gasteiger partial charge in [-0.05, 0) is 42.7 Å². The van der Waals surface area contributed by atoms with Crippen LogP contribution in [0.2, 0.25) is 5.02 Å². The smallest absolute Gasteiger partial charge is 0.245 e. The van der Waals surface area contributed by atoms with Gasteiger partial charge in [0.25, 0.3) is 0 Å². The van der Waals surface area contributed by atoms with Gasteiger partial charge in [-0.3, -0.25) is 4.79 Å². The van der Waals surface area contributed by atoms with E-state index in [1.165, 1.54) is 4.31 Å². The van der Waals surface area contributed by atoms with Gasteiger partial charge in [0.1, 0.15) is 15.9 Å². The zero-order valence-electron chi connectivity index (χ0n) is 15.4. The molecule has 1 saturated heterocycles. The average molecular weight is 451 g/mol. The summed E-state index contributed by atoms with van der Waals surface area (Å²) in [5, 5.41) is 3.54. The molecular weight excluding hydrogens is 432 g/mol. The van der Waals surface area contributed by atoms with E-state index in [0.717, 1.165) is 17.3 Å². The summed E-state index contributed by atoms with van der Waals surface area (Å²) in [6.45, 7) is 0.920. The van der Waals surface area contributed by atoms with E-state index in [1.54, 1.807) is 30.3 Å². The molecule has 2 heterocycles. The third-order valence-corrected chi connectivity index (χ3v) is 7.69. The number of hydrogen-bond acceptors (Lipinski definition) is 6. The molecule has 1 fully saturated rings. The molecule has 1 atom stereocenters. The van der Waals surface area contributed by atoms with Crippen LogP contribution in [-0.2, 0) is 21.4 Å². The van der Waals surface area contributed by atoms with Crippen molar-refractivity contribution in [3.63, 3.8) is 0 Å². The fourth-order valence-corrected chi connectivity index (χ4v) is 5.84. The second-order valence-corrected chi connectivity index (χ2v) is 9.81. The topological polar surface area (TPSA) is 92.3 Å². The van der Waals surface area contributed by atoms with Crippen LogP contribution in [0, 0.1) is 5.92 Å². The largest absolute Gasteiger partial charge is 0.352 e. The molecule has 1 aliphatic heterocycles. The van der Waals surface area contributed by atoms with Gasteiger partial charge in [0.2, 0.25) is 15.9 Å². The minimum absolute atomic E-state index is 0.144. The molecule has 10 heteroatoms. The molecule has 1 N–H and O–H groups in total. The van der Waals surface area contributed by atoms with E-state index in [0.29, 0.717) is 42.0 Å². The lowest BCUT2D eigenvalue weighted by Crippen LogP contribution is -2.45.